The second kappa shape index (κ2) is 6.69. The Hall–Kier alpha value is -1.91. The molecule has 5 nitrogen and oxygen atoms in total. The van der Waals surface area contributed by atoms with Crippen LogP contribution >= 0.6 is 0 Å². The lowest BCUT2D eigenvalue weighted by atomic mass is 10.1. The van der Waals surface area contributed by atoms with Crippen molar-refractivity contribution < 1.29 is 4.79 Å². The Morgan fingerprint density at radius 3 is 2.91 bits per heavy atom. The summed E-state index contributed by atoms with van der Waals surface area (Å²) in [6.45, 7) is 5.84. The van der Waals surface area contributed by atoms with Crippen LogP contribution in [-0.4, -0.2) is 38.9 Å². The molecule has 1 aliphatic heterocycles. The van der Waals surface area contributed by atoms with Crippen LogP contribution in [0.15, 0.2) is 6.07 Å². The van der Waals surface area contributed by atoms with E-state index in [0.29, 0.717) is 5.56 Å². The molecule has 5 heteroatoms. The molecule has 0 bridgehead atoms. The molecule has 3 heterocycles. The normalized spacial score (nSPS) is 14.6. The number of aromatic nitrogens is 3. The Balaban J connectivity index is 2.05. The molecule has 124 valence electrons. The third-order valence-corrected chi connectivity index (χ3v) is 4.62. The number of pyridine rings is 1. The van der Waals surface area contributed by atoms with E-state index in [1.165, 1.54) is 12.8 Å². The fourth-order valence-corrected chi connectivity index (χ4v) is 3.28. The minimum Gasteiger partial charge on any atom is -0.342 e. The first-order valence-electron chi connectivity index (χ1n) is 8.74. The molecule has 0 aliphatic carbocycles. The van der Waals surface area contributed by atoms with Crippen molar-refractivity contribution in [1.82, 2.24) is 19.4 Å². The molecule has 3 rings (SSSR count). The number of hydrogen-bond acceptors (Lipinski definition) is 3. The number of unbranched alkanes of at least 4 members (excludes halogenated alkanes) is 1. The molecular formula is C18H26N4O. The highest BCUT2D eigenvalue weighted by Gasteiger charge is 2.22. The largest absolute Gasteiger partial charge is 0.342 e. The standard InChI is InChI=1S/C18H26N4O/c1-4-5-10-21(3)18(23)14-12-13(2)19-17-16(14)20-15-9-7-6-8-11-22(15)17/h12H,4-11H2,1-3H3. The molecule has 0 N–H and O–H groups in total. The van der Waals surface area contributed by atoms with Crippen LogP contribution in [-0.2, 0) is 13.0 Å². The summed E-state index contributed by atoms with van der Waals surface area (Å²) in [5.41, 5.74) is 3.25. The third-order valence-electron chi connectivity index (χ3n) is 4.62. The third kappa shape index (κ3) is 3.09. The molecule has 2 aromatic heterocycles. The highest BCUT2D eigenvalue weighted by Crippen LogP contribution is 2.24. The molecule has 0 atom stereocenters. The zero-order chi connectivity index (χ0) is 16.4. The van der Waals surface area contributed by atoms with Crippen LogP contribution in [0.25, 0.3) is 11.2 Å². The Bertz CT molecular complexity index is 719. The van der Waals surface area contributed by atoms with E-state index in [1.807, 2.05) is 24.9 Å². The zero-order valence-corrected chi connectivity index (χ0v) is 14.4. The first kappa shape index (κ1) is 16.0. The number of carbonyl (C=O) groups excluding carboxylic acids is 1. The van der Waals surface area contributed by atoms with Crippen LogP contribution in [0.5, 0.6) is 0 Å². The molecule has 2 aromatic rings. The number of fused-ring (bicyclic) bond motifs is 3. The van der Waals surface area contributed by atoms with Gasteiger partial charge in [-0.3, -0.25) is 4.79 Å². The Morgan fingerprint density at radius 2 is 2.13 bits per heavy atom. The predicted octanol–water partition coefficient (Wildman–Crippen LogP) is 3.34. The fraction of sp³-hybridized carbons (Fsp3) is 0.611. The molecule has 0 fully saturated rings. The fourth-order valence-electron chi connectivity index (χ4n) is 3.28. The van der Waals surface area contributed by atoms with Crippen LogP contribution in [0.4, 0.5) is 0 Å². The molecule has 0 unspecified atom stereocenters. The van der Waals surface area contributed by atoms with Crippen molar-refractivity contribution in [2.24, 2.45) is 0 Å². The number of hydrogen-bond donors (Lipinski definition) is 0. The van der Waals surface area contributed by atoms with Gasteiger partial charge in [-0.15, -0.1) is 0 Å². The maximum Gasteiger partial charge on any atom is 0.255 e. The predicted molar refractivity (Wildman–Crippen MR) is 91.7 cm³/mol. The van der Waals surface area contributed by atoms with Gasteiger partial charge in [-0.1, -0.05) is 19.8 Å². The average Bonchev–Trinajstić information content (AvgIpc) is 2.73. The van der Waals surface area contributed by atoms with Crippen LogP contribution in [0.1, 0.15) is 60.9 Å². The van der Waals surface area contributed by atoms with Gasteiger partial charge in [0.15, 0.2) is 5.65 Å². The number of carbonyl (C=O) groups is 1. The van der Waals surface area contributed by atoms with Crippen molar-refractivity contribution in [3.8, 4) is 0 Å². The molecule has 1 aliphatic rings. The average molecular weight is 314 g/mol. The molecule has 0 saturated heterocycles. The first-order chi connectivity index (χ1) is 11.1. The highest BCUT2D eigenvalue weighted by molar-refractivity contribution is 6.04. The number of amides is 1. The first-order valence-corrected chi connectivity index (χ1v) is 8.74. The minimum absolute atomic E-state index is 0.0576. The monoisotopic (exact) mass is 314 g/mol. The van der Waals surface area contributed by atoms with Gasteiger partial charge in [0.25, 0.3) is 5.91 Å². The Labute approximate surface area is 137 Å². The molecule has 0 radical (unpaired) electrons. The van der Waals surface area contributed by atoms with E-state index in [-0.39, 0.29) is 5.91 Å². The summed E-state index contributed by atoms with van der Waals surface area (Å²) in [5.74, 6) is 1.14. The summed E-state index contributed by atoms with van der Waals surface area (Å²) < 4.78 is 2.22. The van der Waals surface area contributed by atoms with E-state index in [1.54, 1.807) is 0 Å². The van der Waals surface area contributed by atoms with E-state index in [9.17, 15) is 4.79 Å². The van der Waals surface area contributed by atoms with Gasteiger partial charge in [-0.05, 0) is 32.3 Å². The Kier molecular flexibility index (Phi) is 4.64. The summed E-state index contributed by atoms with van der Waals surface area (Å²) in [6, 6.07) is 1.89. The van der Waals surface area contributed by atoms with Gasteiger partial charge in [0.2, 0.25) is 0 Å². The molecular weight excluding hydrogens is 288 g/mol. The topological polar surface area (TPSA) is 51.0 Å². The van der Waals surface area contributed by atoms with Gasteiger partial charge >= 0.3 is 0 Å². The van der Waals surface area contributed by atoms with E-state index in [2.05, 4.69) is 16.5 Å². The molecule has 1 amide bonds. The van der Waals surface area contributed by atoms with Crippen LogP contribution in [0, 0.1) is 6.92 Å². The van der Waals surface area contributed by atoms with Crippen LogP contribution < -0.4 is 0 Å². The number of nitrogens with zero attached hydrogens (tertiary/aromatic N) is 4. The summed E-state index contributed by atoms with van der Waals surface area (Å²) in [7, 11) is 1.88. The lowest BCUT2D eigenvalue weighted by molar-refractivity contribution is 0.0795. The SMILES string of the molecule is CCCCN(C)C(=O)c1cc(C)nc2c1nc1n2CCCCC1. The van der Waals surface area contributed by atoms with Crippen molar-refractivity contribution in [3.05, 3.63) is 23.1 Å². The van der Waals surface area contributed by atoms with Crippen molar-refractivity contribution in [1.29, 1.82) is 0 Å². The van der Waals surface area contributed by atoms with Crippen LogP contribution in [0.3, 0.4) is 0 Å². The lowest BCUT2D eigenvalue weighted by Gasteiger charge is -2.17. The maximum absolute atomic E-state index is 12.8. The van der Waals surface area contributed by atoms with Crippen molar-refractivity contribution >= 4 is 17.1 Å². The second-order valence-corrected chi connectivity index (χ2v) is 6.55. The van der Waals surface area contributed by atoms with Gasteiger partial charge in [-0.25, -0.2) is 9.97 Å². The smallest absolute Gasteiger partial charge is 0.255 e. The number of imidazole rings is 1. The molecule has 0 saturated carbocycles. The molecule has 23 heavy (non-hydrogen) atoms. The van der Waals surface area contributed by atoms with Crippen molar-refractivity contribution in [2.75, 3.05) is 13.6 Å². The lowest BCUT2D eigenvalue weighted by Crippen LogP contribution is -2.28. The van der Waals surface area contributed by atoms with Gasteiger partial charge in [0.05, 0.1) is 5.56 Å². The Morgan fingerprint density at radius 1 is 1.30 bits per heavy atom. The van der Waals surface area contributed by atoms with E-state index >= 15 is 0 Å². The van der Waals surface area contributed by atoms with E-state index in [0.717, 1.165) is 61.5 Å². The number of rotatable bonds is 4. The van der Waals surface area contributed by atoms with Gasteiger partial charge in [0.1, 0.15) is 11.3 Å². The van der Waals surface area contributed by atoms with Gasteiger partial charge in [-0.2, -0.15) is 0 Å². The zero-order valence-electron chi connectivity index (χ0n) is 14.4. The van der Waals surface area contributed by atoms with Gasteiger partial charge < -0.3 is 9.47 Å². The second-order valence-electron chi connectivity index (χ2n) is 6.55. The quantitative estimate of drug-likeness (QED) is 0.869. The van der Waals surface area contributed by atoms with E-state index < -0.39 is 0 Å². The van der Waals surface area contributed by atoms with E-state index in [4.69, 9.17) is 4.98 Å². The maximum atomic E-state index is 12.8. The van der Waals surface area contributed by atoms with Crippen LogP contribution in [0.2, 0.25) is 0 Å². The summed E-state index contributed by atoms with van der Waals surface area (Å²) in [6.07, 6.45) is 6.66. The summed E-state index contributed by atoms with van der Waals surface area (Å²) >= 11 is 0. The van der Waals surface area contributed by atoms with Crippen molar-refractivity contribution in [3.63, 3.8) is 0 Å². The molecule has 0 aromatic carbocycles. The van der Waals surface area contributed by atoms with Crippen molar-refractivity contribution in [2.45, 2.75) is 58.9 Å². The summed E-state index contributed by atoms with van der Waals surface area (Å²) in [5, 5.41) is 0. The minimum atomic E-state index is 0.0576. The van der Waals surface area contributed by atoms with Gasteiger partial charge in [0, 0.05) is 32.3 Å². The highest BCUT2D eigenvalue weighted by atomic mass is 16.2. The number of aryl methyl sites for hydroxylation is 3. The summed E-state index contributed by atoms with van der Waals surface area (Å²) in [4.78, 5) is 24.1. The molecule has 0 spiro atoms.